The molecule has 3 rings (SSSR count). The highest BCUT2D eigenvalue weighted by atomic mass is 16.5. The van der Waals surface area contributed by atoms with Crippen LogP contribution in [0.3, 0.4) is 0 Å². The van der Waals surface area contributed by atoms with Crippen molar-refractivity contribution < 1.29 is 19.1 Å². The first kappa shape index (κ1) is 17.5. The second-order valence-corrected chi connectivity index (χ2v) is 5.78. The molecular formula is C20H20N2O4. The molecule has 2 aromatic rings. The predicted molar refractivity (Wildman–Crippen MR) is 96.7 cm³/mol. The van der Waals surface area contributed by atoms with Crippen molar-refractivity contribution in [3.05, 3.63) is 71.4 Å². The van der Waals surface area contributed by atoms with Gasteiger partial charge in [0.1, 0.15) is 11.5 Å². The highest BCUT2D eigenvalue weighted by Gasteiger charge is 2.32. The van der Waals surface area contributed by atoms with E-state index in [0.29, 0.717) is 22.8 Å². The zero-order chi connectivity index (χ0) is 18.5. The summed E-state index contributed by atoms with van der Waals surface area (Å²) in [6.07, 6.45) is 0. The summed E-state index contributed by atoms with van der Waals surface area (Å²) in [4.78, 5) is 24.3. The third-order valence-corrected chi connectivity index (χ3v) is 3.93. The van der Waals surface area contributed by atoms with Crippen molar-refractivity contribution in [3.8, 4) is 11.5 Å². The number of nitrogens with one attached hydrogen (secondary N) is 2. The summed E-state index contributed by atoms with van der Waals surface area (Å²) in [5.74, 6) is 0.857. The molecule has 0 unspecified atom stereocenters. The normalized spacial score (nSPS) is 16.5. The zero-order valence-corrected chi connectivity index (χ0v) is 14.6. The van der Waals surface area contributed by atoms with Crippen molar-refractivity contribution in [2.24, 2.45) is 0 Å². The molecule has 0 spiro atoms. The van der Waals surface area contributed by atoms with E-state index in [1.54, 1.807) is 19.9 Å². The lowest BCUT2D eigenvalue weighted by Gasteiger charge is -2.28. The molecule has 2 N–H and O–H groups in total. The van der Waals surface area contributed by atoms with Crippen LogP contribution in [0.2, 0.25) is 0 Å². The number of ether oxygens (including phenoxy) is 2. The number of hydrogen-bond donors (Lipinski definition) is 2. The smallest absolute Gasteiger partial charge is 0.338 e. The van der Waals surface area contributed by atoms with Crippen molar-refractivity contribution in [1.29, 1.82) is 0 Å². The number of para-hydroxylation sites is 1. The van der Waals surface area contributed by atoms with Gasteiger partial charge in [0.05, 0.1) is 18.2 Å². The third-order valence-electron chi connectivity index (χ3n) is 3.93. The summed E-state index contributed by atoms with van der Waals surface area (Å²) in [6, 6.07) is 15.7. The summed E-state index contributed by atoms with van der Waals surface area (Å²) in [5, 5.41) is 5.40. The highest BCUT2D eigenvalue weighted by molar-refractivity contribution is 5.95. The van der Waals surface area contributed by atoms with Gasteiger partial charge >= 0.3 is 12.0 Å². The average Bonchev–Trinajstić information content (AvgIpc) is 2.62. The number of allylic oxidation sites excluding steroid dienone is 1. The molecule has 0 fully saturated rings. The summed E-state index contributed by atoms with van der Waals surface area (Å²) >= 11 is 0. The number of carbonyl (C=O) groups excluding carboxylic acids is 2. The van der Waals surface area contributed by atoms with Crippen LogP contribution in [0.1, 0.15) is 25.5 Å². The molecule has 134 valence electrons. The number of rotatable bonds is 5. The van der Waals surface area contributed by atoms with E-state index in [-0.39, 0.29) is 12.6 Å². The Morgan fingerprint density at radius 2 is 1.81 bits per heavy atom. The maximum Gasteiger partial charge on any atom is 0.338 e. The van der Waals surface area contributed by atoms with Crippen LogP contribution in [0.15, 0.2) is 65.9 Å². The van der Waals surface area contributed by atoms with Gasteiger partial charge in [0.25, 0.3) is 0 Å². The van der Waals surface area contributed by atoms with E-state index in [2.05, 4.69) is 10.6 Å². The maximum atomic E-state index is 12.4. The van der Waals surface area contributed by atoms with E-state index < -0.39 is 12.0 Å². The quantitative estimate of drug-likeness (QED) is 0.805. The Labute approximate surface area is 151 Å². The van der Waals surface area contributed by atoms with Crippen molar-refractivity contribution in [2.75, 3.05) is 6.61 Å². The molecule has 1 atom stereocenters. The highest BCUT2D eigenvalue weighted by Crippen LogP contribution is 2.31. The third kappa shape index (κ3) is 3.85. The molecular weight excluding hydrogens is 332 g/mol. The molecule has 6 heteroatoms. The lowest BCUT2D eigenvalue weighted by Crippen LogP contribution is -2.45. The first-order valence-corrected chi connectivity index (χ1v) is 8.36. The molecule has 1 aliphatic rings. The van der Waals surface area contributed by atoms with Gasteiger partial charge in [0.2, 0.25) is 0 Å². The molecule has 0 bridgehead atoms. The fourth-order valence-corrected chi connectivity index (χ4v) is 2.81. The van der Waals surface area contributed by atoms with Crippen LogP contribution in [-0.2, 0) is 9.53 Å². The van der Waals surface area contributed by atoms with Gasteiger partial charge in [-0.05, 0) is 43.7 Å². The van der Waals surface area contributed by atoms with E-state index in [9.17, 15) is 9.59 Å². The van der Waals surface area contributed by atoms with Gasteiger partial charge in [-0.25, -0.2) is 9.59 Å². The van der Waals surface area contributed by atoms with E-state index in [0.717, 1.165) is 5.56 Å². The lowest BCUT2D eigenvalue weighted by atomic mass is 9.95. The molecule has 1 heterocycles. The number of esters is 1. The van der Waals surface area contributed by atoms with Crippen LogP contribution in [-0.4, -0.2) is 18.6 Å². The Bertz CT molecular complexity index is 846. The number of carbonyl (C=O) groups is 2. The number of urea groups is 1. The van der Waals surface area contributed by atoms with Crippen LogP contribution >= 0.6 is 0 Å². The predicted octanol–water partition coefficient (Wildman–Crippen LogP) is 3.67. The zero-order valence-electron chi connectivity index (χ0n) is 14.6. The van der Waals surface area contributed by atoms with Gasteiger partial charge in [-0.3, -0.25) is 0 Å². The molecule has 0 aliphatic carbocycles. The summed E-state index contributed by atoms with van der Waals surface area (Å²) < 4.78 is 11.0. The van der Waals surface area contributed by atoms with Gasteiger partial charge in [0.15, 0.2) is 0 Å². The SMILES string of the molecule is CCOC(=O)C1=C(C)NC(=O)N[C@@H]1c1cccc(Oc2ccccc2)c1. The molecule has 2 aromatic carbocycles. The first-order chi connectivity index (χ1) is 12.6. The van der Waals surface area contributed by atoms with Crippen LogP contribution in [0.5, 0.6) is 11.5 Å². The van der Waals surface area contributed by atoms with Gasteiger partial charge in [-0.15, -0.1) is 0 Å². The van der Waals surface area contributed by atoms with Crippen molar-refractivity contribution in [3.63, 3.8) is 0 Å². The molecule has 0 radical (unpaired) electrons. The van der Waals surface area contributed by atoms with Crippen molar-refractivity contribution in [1.82, 2.24) is 10.6 Å². The maximum absolute atomic E-state index is 12.4. The van der Waals surface area contributed by atoms with Crippen LogP contribution < -0.4 is 15.4 Å². The molecule has 0 saturated heterocycles. The fourth-order valence-electron chi connectivity index (χ4n) is 2.81. The minimum atomic E-state index is -0.609. The number of hydrogen-bond acceptors (Lipinski definition) is 4. The summed E-state index contributed by atoms with van der Waals surface area (Å²) in [7, 11) is 0. The Balaban J connectivity index is 1.93. The van der Waals surface area contributed by atoms with Crippen molar-refractivity contribution >= 4 is 12.0 Å². The Kier molecular flexibility index (Phi) is 5.22. The minimum absolute atomic E-state index is 0.257. The monoisotopic (exact) mass is 352 g/mol. The number of benzene rings is 2. The van der Waals surface area contributed by atoms with Crippen LogP contribution in [0, 0.1) is 0 Å². The second-order valence-electron chi connectivity index (χ2n) is 5.78. The molecule has 0 aromatic heterocycles. The minimum Gasteiger partial charge on any atom is -0.463 e. The number of amides is 2. The molecule has 2 amide bonds. The lowest BCUT2D eigenvalue weighted by molar-refractivity contribution is -0.139. The average molecular weight is 352 g/mol. The Hall–Kier alpha value is -3.28. The topological polar surface area (TPSA) is 76.7 Å². The summed E-state index contributed by atoms with van der Waals surface area (Å²) in [5.41, 5.74) is 1.59. The van der Waals surface area contributed by atoms with E-state index in [1.165, 1.54) is 0 Å². The second kappa shape index (κ2) is 7.74. The molecule has 0 saturated carbocycles. The molecule has 26 heavy (non-hydrogen) atoms. The molecule has 1 aliphatic heterocycles. The van der Waals surface area contributed by atoms with Gasteiger partial charge in [-0.1, -0.05) is 30.3 Å². The van der Waals surface area contributed by atoms with E-state index in [1.807, 2.05) is 48.5 Å². The van der Waals surface area contributed by atoms with Gasteiger partial charge in [-0.2, -0.15) is 0 Å². The Morgan fingerprint density at radius 3 is 2.54 bits per heavy atom. The fraction of sp³-hybridized carbons (Fsp3) is 0.200. The standard InChI is InChI=1S/C20H20N2O4/c1-3-25-19(23)17-13(2)21-20(24)22-18(17)14-8-7-11-16(12-14)26-15-9-5-4-6-10-15/h4-12,18H,3H2,1-2H3,(H2,21,22,24)/t18-/m1/s1. The molecule has 6 nitrogen and oxygen atoms in total. The van der Waals surface area contributed by atoms with E-state index >= 15 is 0 Å². The summed E-state index contributed by atoms with van der Waals surface area (Å²) in [6.45, 7) is 3.68. The largest absolute Gasteiger partial charge is 0.463 e. The first-order valence-electron chi connectivity index (χ1n) is 8.36. The van der Waals surface area contributed by atoms with Crippen LogP contribution in [0.25, 0.3) is 0 Å². The van der Waals surface area contributed by atoms with Gasteiger partial charge in [0, 0.05) is 5.70 Å². The Morgan fingerprint density at radius 1 is 1.08 bits per heavy atom. The van der Waals surface area contributed by atoms with Crippen molar-refractivity contribution in [2.45, 2.75) is 19.9 Å². The van der Waals surface area contributed by atoms with E-state index in [4.69, 9.17) is 9.47 Å². The van der Waals surface area contributed by atoms with Gasteiger partial charge < -0.3 is 20.1 Å². The van der Waals surface area contributed by atoms with Crippen LogP contribution in [0.4, 0.5) is 4.79 Å².